The van der Waals surface area contributed by atoms with Crippen LogP contribution in [0.4, 0.5) is 5.69 Å². The molecule has 0 bridgehead atoms. The number of hydrogen-bond acceptors (Lipinski definition) is 3. The van der Waals surface area contributed by atoms with Crippen molar-refractivity contribution < 1.29 is 8.42 Å². The van der Waals surface area contributed by atoms with Crippen LogP contribution in [-0.4, -0.2) is 31.4 Å². The van der Waals surface area contributed by atoms with Crippen molar-refractivity contribution in [1.29, 1.82) is 0 Å². The van der Waals surface area contributed by atoms with Crippen LogP contribution in [0.15, 0.2) is 21.5 Å². The summed E-state index contributed by atoms with van der Waals surface area (Å²) in [5.41, 5.74) is -0.404. The molecule has 0 saturated heterocycles. The van der Waals surface area contributed by atoms with E-state index >= 15 is 0 Å². The maximum Gasteiger partial charge on any atom is 0.301 e. The van der Waals surface area contributed by atoms with Gasteiger partial charge in [-0.1, -0.05) is 0 Å². The summed E-state index contributed by atoms with van der Waals surface area (Å²) in [6.45, 7) is 0. The van der Waals surface area contributed by atoms with Crippen LogP contribution in [-0.2, 0) is 17.3 Å². The topological polar surface area (TPSA) is 71.4 Å². The first-order valence-corrected chi connectivity index (χ1v) is 6.54. The second kappa shape index (κ2) is 4.56. The average Bonchev–Trinajstić information content (AvgIpc) is 2.12. The van der Waals surface area contributed by atoms with Crippen molar-refractivity contribution in [2.24, 2.45) is 7.05 Å². The standard InChI is InChI=1S/C8H12BrN3O3S/c1-11(2)16(14,15)10-7-4-6(9)5-12(3)8(7)13/h4-5,10H,1-3H3. The summed E-state index contributed by atoms with van der Waals surface area (Å²) in [6.07, 6.45) is 1.55. The minimum atomic E-state index is -3.66. The van der Waals surface area contributed by atoms with Gasteiger partial charge in [0, 0.05) is 31.8 Å². The fourth-order valence-corrected chi connectivity index (χ4v) is 2.12. The lowest BCUT2D eigenvalue weighted by Gasteiger charge is -2.13. The number of pyridine rings is 1. The van der Waals surface area contributed by atoms with Crippen molar-refractivity contribution in [2.75, 3.05) is 18.8 Å². The van der Waals surface area contributed by atoms with E-state index in [0.29, 0.717) is 4.47 Å². The quantitative estimate of drug-likeness (QED) is 0.876. The van der Waals surface area contributed by atoms with Gasteiger partial charge in [0.15, 0.2) is 0 Å². The van der Waals surface area contributed by atoms with Crippen molar-refractivity contribution >= 4 is 31.8 Å². The highest BCUT2D eigenvalue weighted by molar-refractivity contribution is 9.10. The number of aryl methyl sites for hydroxylation is 1. The molecule has 0 aromatic carbocycles. The van der Waals surface area contributed by atoms with Gasteiger partial charge in [-0.2, -0.15) is 12.7 Å². The molecular weight excluding hydrogens is 298 g/mol. The van der Waals surface area contributed by atoms with Crippen LogP contribution in [0.2, 0.25) is 0 Å². The molecule has 0 saturated carbocycles. The minimum Gasteiger partial charge on any atom is -0.316 e. The summed E-state index contributed by atoms with van der Waals surface area (Å²) < 4.78 is 28.2. The number of rotatable bonds is 3. The first kappa shape index (κ1) is 13.2. The zero-order chi connectivity index (χ0) is 12.5. The van der Waals surface area contributed by atoms with Crippen molar-refractivity contribution in [3.63, 3.8) is 0 Å². The van der Waals surface area contributed by atoms with Crippen LogP contribution < -0.4 is 10.3 Å². The van der Waals surface area contributed by atoms with Gasteiger partial charge in [0.25, 0.3) is 5.56 Å². The third kappa shape index (κ3) is 2.83. The molecule has 1 rings (SSSR count). The first-order valence-electron chi connectivity index (χ1n) is 4.30. The predicted octanol–water partition coefficient (Wildman–Crippen LogP) is 0.366. The van der Waals surface area contributed by atoms with Gasteiger partial charge in [-0.3, -0.25) is 9.52 Å². The van der Waals surface area contributed by atoms with Gasteiger partial charge in [0.1, 0.15) is 5.69 Å². The Labute approximate surface area is 102 Å². The Balaban J connectivity index is 3.22. The van der Waals surface area contributed by atoms with E-state index in [9.17, 15) is 13.2 Å². The predicted molar refractivity (Wildman–Crippen MR) is 65.6 cm³/mol. The van der Waals surface area contributed by atoms with Crippen LogP contribution in [0.3, 0.4) is 0 Å². The van der Waals surface area contributed by atoms with Crippen LogP contribution in [0, 0.1) is 0 Å². The zero-order valence-corrected chi connectivity index (χ0v) is 11.5. The van der Waals surface area contributed by atoms with Crippen molar-refractivity contribution in [3.05, 3.63) is 27.1 Å². The summed E-state index contributed by atoms with van der Waals surface area (Å²) in [7, 11) is 0.644. The lowest BCUT2D eigenvalue weighted by Crippen LogP contribution is -2.32. The molecular formula is C8H12BrN3O3S. The van der Waals surface area contributed by atoms with Gasteiger partial charge >= 0.3 is 10.2 Å². The SMILES string of the molecule is CN(C)S(=O)(=O)Nc1cc(Br)cn(C)c1=O. The molecule has 0 unspecified atom stereocenters. The fourth-order valence-electron chi connectivity index (χ4n) is 0.974. The molecule has 0 radical (unpaired) electrons. The summed E-state index contributed by atoms with van der Waals surface area (Å²) in [5.74, 6) is 0. The van der Waals surface area contributed by atoms with E-state index in [1.165, 1.54) is 24.7 Å². The van der Waals surface area contributed by atoms with Gasteiger partial charge < -0.3 is 4.57 Å². The molecule has 0 amide bonds. The largest absolute Gasteiger partial charge is 0.316 e. The molecule has 1 N–H and O–H groups in total. The first-order chi connectivity index (χ1) is 7.24. The van der Waals surface area contributed by atoms with Crippen LogP contribution >= 0.6 is 15.9 Å². The fraction of sp³-hybridized carbons (Fsp3) is 0.375. The Morgan fingerprint density at radius 1 is 1.44 bits per heavy atom. The molecule has 8 heteroatoms. The lowest BCUT2D eigenvalue weighted by molar-refractivity contribution is 0.526. The van der Waals surface area contributed by atoms with Crippen molar-refractivity contribution in [3.8, 4) is 0 Å². The molecule has 90 valence electrons. The number of nitrogens with one attached hydrogen (secondary N) is 1. The summed E-state index contributed by atoms with van der Waals surface area (Å²) >= 11 is 3.18. The van der Waals surface area contributed by atoms with E-state index < -0.39 is 15.8 Å². The molecule has 1 heterocycles. The Morgan fingerprint density at radius 3 is 2.50 bits per heavy atom. The van der Waals surface area contributed by atoms with E-state index in [0.717, 1.165) is 4.31 Å². The van der Waals surface area contributed by atoms with Crippen molar-refractivity contribution in [2.45, 2.75) is 0 Å². The molecule has 0 spiro atoms. The van der Waals surface area contributed by atoms with E-state index in [2.05, 4.69) is 20.7 Å². The highest BCUT2D eigenvalue weighted by Crippen LogP contribution is 2.12. The molecule has 0 aliphatic rings. The Bertz CT molecular complexity index is 550. The third-order valence-electron chi connectivity index (χ3n) is 1.87. The summed E-state index contributed by atoms with van der Waals surface area (Å²) in [6, 6.07) is 1.42. The molecule has 1 aromatic heterocycles. The maximum absolute atomic E-state index is 11.6. The summed E-state index contributed by atoms with van der Waals surface area (Å²) in [4.78, 5) is 11.6. The molecule has 16 heavy (non-hydrogen) atoms. The van der Waals surface area contributed by atoms with Gasteiger partial charge in [-0.05, 0) is 22.0 Å². The zero-order valence-electron chi connectivity index (χ0n) is 9.06. The van der Waals surface area contributed by atoms with Gasteiger partial charge in [0.2, 0.25) is 0 Å². The highest BCUT2D eigenvalue weighted by Gasteiger charge is 2.15. The number of anilines is 1. The third-order valence-corrected chi connectivity index (χ3v) is 3.74. The van der Waals surface area contributed by atoms with E-state index in [-0.39, 0.29) is 5.69 Å². The molecule has 1 aromatic rings. The van der Waals surface area contributed by atoms with Crippen LogP contribution in [0.1, 0.15) is 0 Å². The second-order valence-corrected chi connectivity index (χ2v) is 6.18. The van der Waals surface area contributed by atoms with Crippen LogP contribution in [0.25, 0.3) is 0 Å². The highest BCUT2D eigenvalue weighted by atomic mass is 79.9. The van der Waals surface area contributed by atoms with Crippen molar-refractivity contribution in [1.82, 2.24) is 8.87 Å². The van der Waals surface area contributed by atoms with Gasteiger partial charge in [0.05, 0.1) is 0 Å². The Kier molecular flexibility index (Phi) is 3.76. The molecule has 6 nitrogen and oxygen atoms in total. The Morgan fingerprint density at radius 2 is 2.00 bits per heavy atom. The molecule has 0 aliphatic heterocycles. The van der Waals surface area contributed by atoms with E-state index in [1.807, 2.05) is 0 Å². The number of aromatic nitrogens is 1. The number of halogens is 1. The average molecular weight is 310 g/mol. The lowest BCUT2D eigenvalue weighted by atomic mass is 10.4. The monoisotopic (exact) mass is 309 g/mol. The van der Waals surface area contributed by atoms with Gasteiger partial charge in [-0.15, -0.1) is 0 Å². The van der Waals surface area contributed by atoms with Gasteiger partial charge in [-0.25, -0.2) is 0 Å². The number of nitrogens with zero attached hydrogens (tertiary/aromatic N) is 2. The Hall–Kier alpha value is -0.860. The maximum atomic E-state index is 11.6. The van der Waals surface area contributed by atoms with Crippen LogP contribution in [0.5, 0.6) is 0 Å². The minimum absolute atomic E-state index is 0.00516. The molecule has 0 aliphatic carbocycles. The normalized spacial score (nSPS) is 11.8. The second-order valence-electron chi connectivity index (χ2n) is 3.38. The number of hydrogen-bond donors (Lipinski definition) is 1. The summed E-state index contributed by atoms with van der Waals surface area (Å²) in [5, 5.41) is 0. The molecule has 0 atom stereocenters. The van der Waals surface area contributed by atoms with E-state index in [1.54, 1.807) is 13.2 Å². The van der Waals surface area contributed by atoms with E-state index in [4.69, 9.17) is 0 Å². The smallest absolute Gasteiger partial charge is 0.301 e. The molecule has 0 fully saturated rings.